The van der Waals surface area contributed by atoms with Crippen LogP contribution in [-0.4, -0.2) is 4.57 Å². The lowest BCUT2D eigenvalue weighted by molar-refractivity contribution is 1.19. The number of rotatable bonds is 2. The molecule has 2 nitrogen and oxygen atoms in total. The molecule has 0 unspecified atom stereocenters. The third-order valence-electron chi connectivity index (χ3n) is 7.91. The molecular weight excluding hydrogens is 460 g/mol. The number of aromatic nitrogens is 1. The van der Waals surface area contributed by atoms with E-state index in [4.69, 9.17) is 5.73 Å². The summed E-state index contributed by atoms with van der Waals surface area (Å²) in [6.07, 6.45) is 0. The monoisotopic (exact) mass is 484 g/mol. The van der Waals surface area contributed by atoms with Crippen molar-refractivity contribution >= 4 is 27.5 Å². The molecule has 0 radical (unpaired) electrons. The second-order valence-corrected chi connectivity index (χ2v) is 10.00. The molecule has 7 aromatic rings. The van der Waals surface area contributed by atoms with Crippen LogP contribution in [0.15, 0.2) is 133 Å². The Morgan fingerprint density at radius 2 is 1.08 bits per heavy atom. The third kappa shape index (κ3) is 2.95. The largest absolute Gasteiger partial charge is 0.398 e. The standard InChI is InChI=1S/C36H24N2/c37-33-22-25(17-19-26(33)23-9-2-1-3-10-23)24-18-20-35-32(21-24)31-15-8-14-30-28-12-5-4-11-27(28)29-13-6-7-16-34(29)38(35)36(30)31/h1-22H,37H2. The van der Waals surface area contributed by atoms with Gasteiger partial charge in [0.15, 0.2) is 0 Å². The van der Waals surface area contributed by atoms with Crippen LogP contribution in [0.5, 0.6) is 0 Å². The van der Waals surface area contributed by atoms with E-state index in [0.29, 0.717) is 0 Å². The van der Waals surface area contributed by atoms with E-state index in [2.05, 4.69) is 120 Å². The van der Waals surface area contributed by atoms with E-state index in [1.807, 2.05) is 18.2 Å². The maximum absolute atomic E-state index is 6.56. The lowest BCUT2D eigenvalue weighted by atomic mass is 9.93. The van der Waals surface area contributed by atoms with Crippen LogP contribution in [0, 0.1) is 0 Å². The Labute approximate surface area is 221 Å². The third-order valence-corrected chi connectivity index (χ3v) is 7.91. The van der Waals surface area contributed by atoms with Crippen LogP contribution in [0.2, 0.25) is 0 Å². The molecule has 2 heteroatoms. The minimum absolute atomic E-state index is 0.790. The Bertz CT molecular complexity index is 2030. The molecule has 1 aliphatic rings. The maximum Gasteiger partial charge on any atom is 0.0619 e. The average Bonchev–Trinajstić information content (AvgIpc) is 3.24. The molecule has 8 rings (SSSR count). The molecule has 6 aromatic carbocycles. The molecule has 0 saturated carbocycles. The Hall–Kier alpha value is -5.08. The first-order valence-electron chi connectivity index (χ1n) is 13.0. The normalized spacial score (nSPS) is 11.8. The van der Waals surface area contributed by atoms with Crippen molar-refractivity contribution in [1.82, 2.24) is 4.57 Å². The molecular formula is C36H24N2. The van der Waals surface area contributed by atoms with Crippen molar-refractivity contribution in [2.75, 3.05) is 5.73 Å². The van der Waals surface area contributed by atoms with E-state index in [9.17, 15) is 0 Å². The van der Waals surface area contributed by atoms with Crippen LogP contribution < -0.4 is 5.73 Å². The van der Waals surface area contributed by atoms with E-state index in [1.54, 1.807) is 0 Å². The number of benzene rings is 6. The number of nitrogen functional groups attached to an aromatic ring is 1. The van der Waals surface area contributed by atoms with Crippen molar-refractivity contribution in [2.24, 2.45) is 0 Å². The highest BCUT2D eigenvalue weighted by molar-refractivity contribution is 6.17. The zero-order valence-electron chi connectivity index (χ0n) is 20.7. The van der Waals surface area contributed by atoms with Gasteiger partial charge in [0.25, 0.3) is 0 Å². The first-order valence-corrected chi connectivity index (χ1v) is 13.0. The molecule has 0 bridgehead atoms. The molecule has 1 aromatic heterocycles. The van der Waals surface area contributed by atoms with Gasteiger partial charge in [0, 0.05) is 33.2 Å². The molecule has 0 amide bonds. The molecule has 38 heavy (non-hydrogen) atoms. The zero-order valence-corrected chi connectivity index (χ0v) is 20.7. The van der Waals surface area contributed by atoms with Crippen molar-refractivity contribution < 1.29 is 0 Å². The van der Waals surface area contributed by atoms with Crippen LogP contribution >= 0.6 is 0 Å². The van der Waals surface area contributed by atoms with Gasteiger partial charge in [-0.05, 0) is 52.1 Å². The van der Waals surface area contributed by atoms with Crippen molar-refractivity contribution in [3.8, 4) is 50.2 Å². The van der Waals surface area contributed by atoms with Gasteiger partial charge in [-0.25, -0.2) is 0 Å². The number of fused-ring (bicyclic) bond motifs is 8. The number of nitrogens with zero attached hydrogens (tertiary/aromatic N) is 1. The summed E-state index contributed by atoms with van der Waals surface area (Å²) in [6, 6.07) is 47.8. The van der Waals surface area contributed by atoms with Crippen molar-refractivity contribution in [1.29, 1.82) is 0 Å². The van der Waals surface area contributed by atoms with Gasteiger partial charge >= 0.3 is 0 Å². The van der Waals surface area contributed by atoms with E-state index < -0.39 is 0 Å². The second kappa shape index (κ2) is 7.96. The SMILES string of the molecule is Nc1cc(-c2ccc3c(c2)c2cccc4c2n3-c2ccccc2-c2ccccc2-4)ccc1-c1ccccc1. The molecule has 2 N–H and O–H groups in total. The topological polar surface area (TPSA) is 30.9 Å². The van der Waals surface area contributed by atoms with Crippen molar-refractivity contribution in [3.05, 3.63) is 133 Å². The summed E-state index contributed by atoms with van der Waals surface area (Å²) in [5, 5.41) is 2.51. The average molecular weight is 485 g/mol. The molecule has 0 aliphatic carbocycles. The van der Waals surface area contributed by atoms with E-state index >= 15 is 0 Å². The molecule has 0 saturated heterocycles. The predicted octanol–water partition coefficient (Wildman–Crippen LogP) is 9.35. The summed E-state index contributed by atoms with van der Waals surface area (Å²) >= 11 is 0. The van der Waals surface area contributed by atoms with E-state index in [1.165, 1.54) is 55.3 Å². The highest BCUT2D eigenvalue weighted by atomic mass is 15.0. The molecule has 178 valence electrons. The van der Waals surface area contributed by atoms with Gasteiger partial charge in [-0.3, -0.25) is 0 Å². The molecule has 0 spiro atoms. The minimum Gasteiger partial charge on any atom is -0.398 e. The highest BCUT2D eigenvalue weighted by Gasteiger charge is 2.24. The molecule has 0 atom stereocenters. The second-order valence-electron chi connectivity index (χ2n) is 10.00. The molecule has 1 aliphatic heterocycles. The summed E-state index contributed by atoms with van der Waals surface area (Å²) < 4.78 is 2.45. The van der Waals surface area contributed by atoms with Gasteiger partial charge in [0.1, 0.15) is 0 Å². The maximum atomic E-state index is 6.56. The van der Waals surface area contributed by atoms with Crippen LogP contribution in [-0.2, 0) is 0 Å². The Balaban J connectivity index is 1.39. The van der Waals surface area contributed by atoms with Gasteiger partial charge in [-0.15, -0.1) is 0 Å². The summed E-state index contributed by atoms with van der Waals surface area (Å²) in [4.78, 5) is 0. The zero-order chi connectivity index (χ0) is 25.2. The molecule has 0 fully saturated rings. The molecule has 2 heterocycles. The summed E-state index contributed by atoms with van der Waals surface area (Å²) in [6.45, 7) is 0. The van der Waals surface area contributed by atoms with Gasteiger partial charge in [-0.1, -0.05) is 109 Å². The quantitative estimate of drug-likeness (QED) is 0.243. The Morgan fingerprint density at radius 3 is 1.89 bits per heavy atom. The van der Waals surface area contributed by atoms with Crippen LogP contribution in [0.4, 0.5) is 5.69 Å². The first-order chi connectivity index (χ1) is 18.8. The van der Waals surface area contributed by atoms with Crippen molar-refractivity contribution in [3.63, 3.8) is 0 Å². The minimum atomic E-state index is 0.790. The Kier molecular flexibility index (Phi) is 4.41. The van der Waals surface area contributed by atoms with Crippen LogP contribution in [0.3, 0.4) is 0 Å². The predicted molar refractivity (Wildman–Crippen MR) is 160 cm³/mol. The number of hydrogen-bond acceptors (Lipinski definition) is 1. The summed E-state index contributed by atoms with van der Waals surface area (Å²) in [5.74, 6) is 0. The highest BCUT2D eigenvalue weighted by Crippen LogP contribution is 2.47. The number of anilines is 1. The van der Waals surface area contributed by atoms with E-state index in [-0.39, 0.29) is 0 Å². The Morgan fingerprint density at radius 1 is 0.421 bits per heavy atom. The van der Waals surface area contributed by atoms with Crippen LogP contribution in [0.25, 0.3) is 72.0 Å². The van der Waals surface area contributed by atoms with Crippen molar-refractivity contribution in [2.45, 2.75) is 0 Å². The van der Waals surface area contributed by atoms with E-state index in [0.717, 1.165) is 22.4 Å². The fourth-order valence-corrected chi connectivity index (χ4v) is 6.19. The lowest BCUT2D eigenvalue weighted by Gasteiger charge is -2.13. The van der Waals surface area contributed by atoms with Gasteiger partial charge in [0.2, 0.25) is 0 Å². The lowest BCUT2D eigenvalue weighted by Crippen LogP contribution is -1.95. The smallest absolute Gasteiger partial charge is 0.0619 e. The van der Waals surface area contributed by atoms with Gasteiger partial charge in [0.05, 0.1) is 16.7 Å². The fourth-order valence-electron chi connectivity index (χ4n) is 6.19. The summed E-state index contributed by atoms with van der Waals surface area (Å²) in [5.41, 5.74) is 20.6. The van der Waals surface area contributed by atoms with Crippen LogP contribution in [0.1, 0.15) is 0 Å². The summed E-state index contributed by atoms with van der Waals surface area (Å²) in [7, 11) is 0. The number of para-hydroxylation sites is 2. The number of hydrogen-bond donors (Lipinski definition) is 1. The number of nitrogens with two attached hydrogens (primary N) is 1. The first kappa shape index (κ1) is 21.0. The van der Waals surface area contributed by atoms with Gasteiger partial charge < -0.3 is 10.3 Å². The fraction of sp³-hybridized carbons (Fsp3) is 0. The van der Waals surface area contributed by atoms with Gasteiger partial charge in [-0.2, -0.15) is 0 Å².